The Bertz CT molecular complexity index is 1050. The lowest BCUT2D eigenvalue weighted by Gasteiger charge is -2.12. The van der Waals surface area contributed by atoms with Gasteiger partial charge >= 0.3 is 0 Å². The van der Waals surface area contributed by atoms with E-state index in [1.165, 1.54) is 12.1 Å². The largest absolute Gasteiger partial charge is 0.483 e. The van der Waals surface area contributed by atoms with Gasteiger partial charge in [0, 0.05) is 12.3 Å². The standard InChI is InChI=1S/C25H23FN2O3/c26-20-12-10-18(11-13-20)21-15-22(21)25(30)28-27-24(29)16-31-23-9-5-4-8-19(23)14-17-6-2-1-3-7-17/h1-13,21-22H,14-16H2,(H,27,29)(H,28,30). The molecule has 0 heterocycles. The zero-order chi connectivity index (χ0) is 21.6. The average molecular weight is 418 g/mol. The lowest BCUT2D eigenvalue weighted by Crippen LogP contribution is -2.44. The number of rotatable bonds is 7. The van der Waals surface area contributed by atoms with Gasteiger partial charge in [0.15, 0.2) is 6.61 Å². The maximum atomic E-state index is 13.0. The quantitative estimate of drug-likeness (QED) is 0.575. The third kappa shape index (κ3) is 5.48. The highest BCUT2D eigenvalue weighted by atomic mass is 19.1. The number of para-hydroxylation sites is 1. The minimum absolute atomic E-state index is 0.0543. The van der Waals surface area contributed by atoms with Crippen molar-refractivity contribution in [3.05, 3.63) is 101 Å². The molecule has 6 heteroatoms. The maximum Gasteiger partial charge on any atom is 0.276 e. The van der Waals surface area contributed by atoms with E-state index in [-0.39, 0.29) is 30.2 Å². The van der Waals surface area contributed by atoms with Gasteiger partial charge in [-0.1, -0.05) is 60.7 Å². The first-order valence-corrected chi connectivity index (χ1v) is 10.2. The van der Waals surface area contributed by atoms with Crippen molar-refractivity contribution in [2.45, 2.75) is 18.8 Å². The predicted octanol–water partition coefficient (Wildman–Crippen LogP) is 3.75. The minimum atomic E-state index is -0.443. The van der Waals surface area contributed by atoms with Gasteiger partial charge in [-0.15, -0.1) is 0 Å². The summed E-state index contributed by atoms with van der Waals surface area (Å²) in [6, 6.07) is 23.7. The van der Waals surface area contributed by atoms with Crippen LogP contribution in [-0.4, -0.2) is 18.4 Å². The number of carbonyl (C=O) groups excluding carboxylic acids is 2. The first-order chi connectivity index (χ1) is 15.1. The van der Waals surface area contributed by atoms with Crippen LogP contribution in [0.15, 0.2) is 78.9 Å². The number of amides is 2. The van der Waals surface area contributed by atoms with E-state index in [0.717, 1.165) is 16.7 Å². The van der Waals surface area contributed by atoms with E-state index in [0.29, 0.717) is 18.6 Å². The van der Waals surface area contributed by atoms with Gasteiger partial charge in [-0.05, 0) is 47.2 Å². The monoisotopic (exact) mass is 418 g/mol. The average Bonchev–Trinajstić information content (AvgIpc) is 3.59. The maximum absolute atomic E-state index is 13.0. The Morgan fingerprint density at radius 1 is 0.903 bits per heavy atom. The number of hydrogen-bond acceptors (Lipinski definition) is 3. The molecule has 1 aliphatic carbocycles. The number of benzene rings is 3. The molecule has 0 aliphatic heterocycles. The van der Waals surface area contributed by atoms with E-state index in [4.69, 9.17) is 4.74 Å². The molecule has 2 amide bonds. The van der Waals surface area contributed by atoms with Crippen LogP contribution in [0.5, 0.6) is 5.75 Å². The molecule has 158 valence electrons. The highest BCUT2D eigenvalue weighted by molar-refractivity contribution is 5.86. The third-order valence-corrected chi connectivity index (χ3v) is 5.32. The summed E-state index contributed by atoms with van der Waals surface area (Å²) in [5.41, 5.74) is 7.90. The van der Waals surface area contributed by atoms with Crippen LogP contribution in [-0.2, 0) is 16.0 Å². The fraction of sp³-hybridized carbons (Fsp3) is 0.200. The van der Waals surface area contributed by atoms with Crippen molar-refractivity contribution >= 4 is 11.8 Å². The molecule has 0 bridgehead atoms. The fourth-order valence-electron chi connectivity index (χ4n) is 3.57. The summed E-state index contributed by atoms with van der Waals surface area (Å²) in [7, 11) is 0. The smallest absolute Gasteiger partial charge is 0.276 e. The lowest BCUT2D eigenvalue weighted by atomic mass is 10.0. The summed E-state index contributed by atoms with van der Waals surface area (Å²) in [6.45, 7) is -0.210. The molecule has 1 fully saturated rings. The van der Waals surface area contributed by atoms with Crippen molar-refractivity contribution in [1.29, 1.82) is 0 Å². The molecule has 5 nitrogen and oxygen atoms in total. The molecule has 1 aliphatic rings. The Kier molecular flexibility index (Phi) is 6.26. The fourth-order valence-corrected chi connectivity index (χ4v) is 3.57. The van der Waals surface area contributed by atoms with Crippen molar-refractivity contribution in [2.75, 3.05) is 6.61 Å². The van der Waals surface area contributed by atoms with E-state index >= 15 is 0 Å². The van der Waals surface area contributed by atoms with Crippen molar-refractivity contribution in [3.8, 4) is 5.75 Å². The van der Waals surface area contributed by atoms with Crippen LogP contribution in [0.4, 0.5) is 4.39 Å². The van der Waals surface area contributed by atoms with Crippen molar-refractivity contribution in [2.24, 2.45) is 5.92 Å². The number of hydrazine groups is 1. The van der Waals surface area contributed by atoms with Gasteiger partial charge in [0.2, 0.25) is 5.91 Å². The van der Waals surface area contributed by atoms with Crippen molar-refractivity contribution in [3.63, 3.8) is 0 Å². The zero-order valence-corrected chi connectivity index (χ0v) is 16.9. The van der Waals surface area contributed by atoms with Gasteiger partial charge in [0.05, 0.1) is 0 Å². The molecule has 0 aromatic heterocycles. The molecular formula is C25H23FN2O3. The van der Waals surface area contributed by atoms with E-state index in [9.17, 15) is 14.0 Å². The van der Waals surface area contributed by atoms with Gasteiger partial charge < -0.3 is 4.74 Å². The van der Waals surface area contributed by atoms with Crippen LogP contribution in [0.25, 0.3) is 0 Å². The second-order valence-corrected chi connectivity index (χ2v) is 7.60. The van der Waals surface area contributed by atoms with Gasteiger partial charge in [-0.2, -0.15) is 0 Å². The molecule has 2 atom stereocenters. The summed E-state index contributed by atoms with van der Waals surface area (Å²) in [6.07, 6.45) is 1.37. The molecule has 2 N–H and O–H groups in total. The molecule has 3 aromatic carbocycles. The molecular weight excluding hydrogens is 395 g/mol. The Morgan fingerprint density at radius 2 is 1.61 bits per heavy atom. The summed E-state index contributed by atoms with van der Waals surface area (Å²) in [5, 5.41) is 0. The second kappa shape index (κ2) is 9.43. The van der Waals surface area contributed by atoms with Gasteiger partial charge in [-0.25, -0.2) is 4.39 Å². The van der Waals surface area contributed by atoms with Crippen LogP contribution in [0.1, 0.15) is 29.0 Å². The predicted molar refractivity (Wildman–Crippen MR) is 115 cm³/mol. The number of ether oxygens (including phenoxy) is 1. The highest BCUT2D eigenvalue weighted by Crippen LogP contribution is 2.47. The second-order valence-electron chi connectivity index (χ2n) is 7.60. The van der Waals surface area contributed by atoms with E-state index in [1.54, 1.807) is 12.1 Å². The molecule has 1 saturated carbocycles. The van der Waals surface area contributed by atoms with E-state index < -0.39 is 5.91 Å². The van der Waals surface area contributed by atoms with Crippen molar-refractivity contribution < 1.29 is 18.7 Å². The molecule has 0 radical (unpaired) electrons. The zero-order valence-electron chi connectivity index (χ0n) is 16.9. The molecule has 3 aromatic rings. The summed E-state index contributed by atoms with van der Waals surface area (Å²) in [5.74, 6) is -0.541. The Balaban J connectivity index is 1.24. The number of carbonyl (C=O) groups is 2. The normalized spacial score (nSPS) is 16.9. The van der Waals surface area contributed by atoms with Crippen LogP contribution in [0.3, 0.4) is 0 Å². The Labute approximate surface area is 180 Å². The number of nitrogens with one attached hydrogen (secondary N) is 2. The molecule has 2 unspecified atom stereocenters. The molecule has 0 saturated heterocycles. The summed E-state index contributed by atoms with van der Waals surface area (Å²) < 4.78 is 18.7. The lowest BCUT2D eigenvalue weighted by molar-refractivity contribution is -0.130. The van der Waals surface area contributed by atoms with Crippen LogP contribution < -0.4 is 15.6 Å². The first-order valence-electron chi connectivity index (χ1n) is 10.2. The molecule has 4 rings (SSSR count). The van der Waals surface area contributed by atoms with Crippen molar-refractivity contribution in [1.82, 2.24) is 10.9 Å². The third-order valence-electron chi connectivity index (χ3n) is 5.32. The Hall–Kier alpha value is -3.67. The highest BCUT2D eigenvalue weighted by Gasteiger charge is 2.44. The van der Waals surface area contributed by atoms with Crippen LogP contribution in [0.2, 0.25) is 0 Å². The van der Waals surface area contributed by atoms with E-state index in [1.807, 2.05) is 54.6 Å². The molecule has 31 heavy (non-hydrogen) atoms. The SMILES string of the molecule is O=C(COc1ccccc1Cc1ccccc1)NNC(=O)C1CC1c1ccc(F)cc1. The van der Waals surface area contributed by atoms with Crippen LogP contribution in [0, 0.1) is 11.7 Å². The van der Waals surface area contributed by atoms with Crippen LogP contribution >= 0.6 is 0 Å². The molecule has 0 spiro atoms. The number of halogens is 1. The minimum Gasteiger partial charge on any atom is -0.483 e. The van der Waals surface area contributed by atoms with E-state index in [2.05, 4.69) is 10.9 Å². The van der Waals surface area contributed by atoms with Gasteiger partial charge in [0.25, 0.3) is 5.91 Å². The summed E-state index contributed by atoms with van der Waals surface area (Å²) >= 11 is 0. The first kappa shape index (κ1) is 20.6. The van der Waals surface area contributed by atoms with Gasteiger partial charge in [-0.3, -0.25) is 20.4 Å². The van der Waals surface area contributed by atoms with Gasteiger partial charge in [0.1, 0.15) is 11.6 Å². The Morgan fingerprint density at radius 3 is 2.39 bits per heavy atom. The summed E-state index contributed by atoms with van der Waals surface area (Å²) in [4.78, 5) is 24.4. The number of hydrogen-bond donors (Lipinski definition) is 2. The topological polar surface area (TPSA) is 67.4 Å².